The number of nitrogens with zero attached hydrogens (tertiary/aromatic N) is 3. The fourth-order valence-corrected chi connectivity index (χ4v) is 2.70. The van der Waals surface area contributed by atoms with Gasteiger partial charge in [-0.2, -0.15) is 9.67 Å². The third-order valence-electron chi connectivity index (χ3n) is 4.15. The molecule has 0 atom stereocenters. The van der Waals surface area contributed by atoms with Gasteiger partial charge < -0.3 is 4.74 Å². The first-order chi connectivity index (χ1) is 12.8. The van der Waals surface area contributed by atoms with Gasteiger partial charge in [0.1, 0.15) is 0 Å². The van der Waals surface area contributed by atoms with Crippen LogP contribution in [0.25, 0.3) is 11.4 Å². The number of carbonyl (C=O) groups is 1. The van der Waals surface area contributed by atoms with Gasteiger partial charge in [0.25, 0.3) is 5.91 Å². The molecule has 0 aliphatic heterocycles. The van der Waals surface area contributed by atoms with Gasteiger partial charge in [-0.1, -0.05) is 63.2 Å². The molecule has 0 saturated carbocycles. The first-order valence-corrected chi connectivity index (χ1v) is 9.10. The lowest BCUT2D eigenvalue weighted by Crippen LogP contribution is -2.16. The van der Waals surface area contributed by atoms with Crippen LogP contribution in [0, 0.1) is 0 Å². The molecule has 0 amide bonds. The van der Waals surface area contributed by atoms with Crippen LogP contribution < -0.4 is 4.74 Å². The lowest BCUT2D eigenvalue weighted by atomic mass is 9.87. The maximum atomic E-state index is 13.0. The molecule has 0 spiro atoms. The monoisotopic (exact) mass is 363 g/mol. The van der Waals surface area contributed by atoms with Gasteiger partial charge in [0.05, 0.1) is 6.10 Å². The maximum Gasteiger partial charge on any atom is 0.336 e. The Morgan fingerprint density at radius 2 is 1.63 bits per heavy atom. The molecule has 140 valence electrons. The Morgan fingerprint density at radius 3 is 2.19 bits per heavy atom. The van der Waals surface area contributed by atoms with E-state index >= 15 is 0 Å². The van der Waals surface area contributed by atoms with E-state index in [0.717, 1.165) is 5.56 Å². The van der Waals surface area contributed by atoms with E-state index in [1.807, 2.05) is 44.2 Å². The summed E-state index contributed by atoms with van der Waals surface area (Å²) in [6.07, 6.45) is -0.0798. The number of rotatable bonds is 4. The Bertz CT molecular complexity index is 920. The molecule has 1 heterocycles. The van der Waals surface area contributed by atoms with Gasteiger partial charge in [0, 0.05) is 11.1 Å². The molecule has 0 aliphatic rings. The highest BCUT2D eigenvalue weighted by Gasteiger charge is 2.21. The van der Waals surface area contributed by atoms with Crippen molar-refractivity contribution in [2.45, 2.75) is 46.1 Å². The van der Waals surface area contributed by atoms with Crippen molar-refractivity contribution < 1.29 is 9.53 Å². The molecular weight excluding hydrogens is 338 g/mol. The predicted octanol–water partition coefficient (Wildman–Crippen LogP) is 4.72. The molecule has 27 heavy (non-hydrogen) atoms. The molecule has 0 aliphatic carbocycles. The molecule has 2 aromatic carbocycles. The summed E-state index contributed by atoms with van der Waals surface area (Å²) in [6.45, 7) is 10.3. The van der Waals surface area contributed by atoms with Gasteiger partial charge in [0.2, 0.25) is 0 Å². The molecular formula is C22H25N3O2. The summed E-state index contributed by atoms with van der Waals surface area (Å²) in [6, 6.07) is 17.3. The van der Waals surface area contributed by atoms with Crippen LogP contribution in [0.4, 0.5) is 0 Å². The molecule has 5 nitrogen and oxygen atoms in total. The lowest BCUT2D eigenvalue weighted by Gasteiger charge is -2.19. The molecule has 0 radical (unpaired) electrons. The molecule has 3 rings (SSSR count). The topological polar surface area (TPSA) is 57.0 Å². The highest BCUT2D eigenvalue weighted by molar-refractivity contribution is 5.97. The Kier molecular flexibility index (Phi) is 5.13. The molecule has 0 unspecified atom stereocenters. The fraction of sp³-hybridized carbons (Fsp3) is 0.318. The Hall–Kier alpha value is -2.95. The quantitative estimate of drug-likeness (QED) is 0.673. The van der Waals surface area contributed by atoms with E-state index in [-0.39, 0.29) is 23.4 Å². The third-order valence-corrected chi connectivity index (χ3v) is 4.15. The number of hydrogen-bond donors (Lipinski definition) is 0. The van der Waals surface area contributed by atoms with Gasteiger partial charge >= 0.3 is 6.01 Å². The zero-order valence-electron chi connectivity index (χ0n) is 16.4. The van der Waals surface area contributed by atoms with Crippen molar-refractivity contribution >= 4 is 5.91 Å². The minimum absolute atomic E-state index is 0.0535. The molecule has 0 bridgehead atoms. The summed E-state index contributed by atoms with van der Waals surface area (Å²) in [5.41, 5.74) is 2.63. The van der Waals surface area contributed by atoms with Crippen LogP contribution in [0.5, 0.6) is 6.01 Å². The van der Waals surface area contributed by atoms with Crippen molar-refractivity contribution in [3.05, 3.63) is 65.7 Å². The Morgan fingerprint density at radius 1 is 1.00 bits per heavy atom. The zero-order chi connectivity index (χ0) is 19.6. The van der Waals surface area contributed by atoms with E-state index in [9.17, 15) is 4.79 Å². The van der Waals surface area contributed by atoms with E-state index < -0.39 is 0 Å². The van der Waals surface area contributed by atoms with Crippen LogP contribution in [-0.2, 0) is 5.41 Å². The fourth-order valence-electron chi connectivity index (χ4n) is 2.70. The average Bonchev–Trinajstić information content (AvgIpc) is 3.04. The molecule has 3 aromatic rings. The molecule has 0 N–H and O–H groups in total. The van der Waals surface area contributed by atoms with Crippen molar-refractivity contribution in [1.29, 1.82) is 0 Å². The minimum atomic E-state index is -0.239. The summed E-state index contributed by atoms with van der Waals surface area (Å²) < 4.78 is 6.94. The minimum Gasteiger partial charge on any atom is -0.460 e. The first-order valence-electron chi connectivity index (χ1n) is 9.10. The van der Waals surface area contributed by atoms with Crippen molar-refractivity contribution in [2.75, 3.05) is 0 Å². The van der Waals surface area contributed by atoms with Crippen molar-refractivity contribution in [1.82, 2.24) is 14.8 Å². The van der Waals surface area contributed by atoms with Gasteiger partial charge in [-0.15, -0.1) is 5.10 Å². The summed E-state index contributed by atoms with van der Waals surface area (Å²) >= 11 is 0. The van der Waals surface area contributed by atoms with Gasteiger partial charge in [-0.05, 0) is 37.0 Å². The number of hydrogen-bond acceptors (Lipinski definition) is 4. The normalized spacial score (nSPS) is 11.6. The summed E-state index contributed by atoms with van der Waals surface area (Å²) in [5, 5.41) is 4.31. The van der Waals surface area contributed by atoms with Gasteiger partial charge in [-0.25, -0.2) is 0 Å². The van der Waals surface area contributed by atoms with Crippen molar-refractivity contribution in [2.24, 2.45) is 0 Å². The third kappa shape index (κ3) is 4.25. The van der Waals surface area contributed by atoms with E-state index in [4.69, 9.17) is 4.74 Å². The Balaban J connectivity index is 2.05. The van der Waals surface area contributed by atoms with Crippen LogP contribution in [0.3, 0.4) is 0 Å². The standard InChI is InChI=1S/C22H25N3O2/c1-15(2)27-21-23-19(16-11-13-18(14-12-16)22(3,4)5)25(24-21)20(26)17-9-7-6-8-10-17/h6-15H,1-5H3. The molecule has 0 saturated heterocycles. The van der Waals surface area contributed by atoms with Crippen LogP contribution >= 0.6 is 0 Å². The van der Waals surface area contributed by atoms with E-state index in [2.05, 4.69) is 43.0 Å². The van der Waals surface area contributed by atoms with E-state index in [1.54, 1.807) is 12.1 Å². The van der Waals surface area contributed by atoms with Crippen LogP contribution in [0.15, 0.2) is 54.6 Å². The largest absolute Gasteiger partial charge is 0.460 e. The highest BCUT2D eigenvalue weighted by atomic mass is 16.5. The SMILES string of the molecule is CC(C)Oc1nc(-c2ccc(C(C)(C)C)cc2)n(C(=O)c2ccccc2)n1. The zero-order valence-corrected chi connectivity index (χ0v) is 16.4. The second kappa shape index (κ2) is 7.35. The molecule has 5 heteroatoms. The predicted molar refractivity (Wildman–Crippen MR) is 106 cm³/mol. The first kappa shape index (κ1) is 18.8. The summed E-state index contributed by atoms with van der Waals surface area (Å²) in [7, 11) is 0. The second-order valence-corrected chi connectivity index (χ2v) is 7.79. The van der Waals surface area contributed by atoms with Crippen LogP contribution in [0.1, 0.15) is 50.5 Å². The lowest BCUT2D eigenvalue weighted by molar-refractivity contribution is 0.0943. The van der Waals surface area contributed by atoms with Crippen LogP contribution in [0.2, 0.25) is 0 Å². The molecule has 1 aromatic heterocycles. The smallest absolute Gasteiger partial charge is 0.336 e. The summed E-state index contributed by atoms with van der Waals surface area (Å²) in [5.74, 6) is 0.233. The van der Waals surface area contributed by atoms with Gasteiger partial charge in [0.15, 0.2) is 5.82 Å². The number of aromatic nitrogens is 3. The Labute approximate surface area is 160 Å². The van der Waals surface area contributed by atoms with E-state index in [0.29, 0.717) is 11.4 Å². The van der Waals surface area contributed by atoms with Crippen molar-refractivity contribution in [3.63, 3.8) is 0 Å². The maximum absolute atomic E-state index is 13.0. The van der Waals surface area contributed by atoms with Gasteiger partial charge in [-0.3, -0.25) is 4.79 Å². The molecule has 0 fully saturated rings. The summed E-state index contributed by atoms with van der Waals surface area (Å²) in [4.78, 5) is 17.4. The average molecular weight is 363 g/mol. The second-order valence-electron chi connectivity index (χ2n) is 7.79. The number of benzene rings is 2. The van der Waals surface area contributed by atoms with E-state index in [1.165, 1.54) is 10.2 Å². The van der Waals surface area contributed by atoms with Crippen molar-refractivity contribution in [3.8, 4) is 17.4 Å². The van der Waals surface area contributed by atoms with Crippen LogP contribution in [-0.4, -0.2) is 26.8 Å². The highest BCUT2D eigenvalue weighted by Crippen LogP contribution is 2.27. The number of carbonyl (C=O) groups excluding carboxylic acids is 1. The number of ether oxygens (including phenoxy) is 1.